The van der Waals surface area contributed by atoms with Crippen LogP contribution in [-0.2, 0) is 19.1 Å². The molecule has 0 saturated heterocycles. The van der Waals surface area contributed by atoms with Gasteiger partial charge in [-0.25, -0.2) is 9.59 Å². The largest absolute Gasteiger partial charge is 0.390 e. The maximum atomic E-state index is 10.9. The fourth-order valence-electron chi connectivity index (χ4n) is 0.560. The van der Waals surface area contributed by atoms with Crippen LogP contribution in [0.25, 0.3) is 0 Å². The van der Waals surface area contributed by atoms with Gasteiger partial charge < -0.3 is 21.3 Å². The van der Waals surface area contributed by atoms with Crippen LogP contribution in [0.1, 0.15) is 13.3 Å². The van der Waals surface area contributed by atoms with Gasteiger partial charge in [-0.3, -0.25) is 4.79 Å². The van der Waals surface area contributed by atoms with Gasteiger partial charge in [0.2, 0.25) is 5.91 Å². The number of aliphatic hydroxyl groups excluding tert-OH is 1. The lowest BCUT2D eigenvalue weighted by Gasteiger charge is -2.08. The number of aliphatic hydroxyl groups is 1. The van der Waals surface area contributed by atoms with E-state index in [0.29, 0.717) is 0 Å². The second-order valence-corrected chi connectivity index (χ2v) is 2.69. The Morgan fingerprint density at radius 1 is 1.36 bits per heavy atom. The molecule has 7 heteroatoms. The summed E-state index contributed by atoms with van der Waals surface area (Å²) in [4.78, 5) is 31.9. The fraction of sp³-hybridized carbons (Fsp3) is 0.571. The molecule has 0 spiro atoms. The number of nitrogens with two attached hydrogens (primary N) is 2. The van der Waals surface area contributed by atoms with Crippen molar-refractivity contribution in [1.29, 1.82) is 0 Å². The minimum Gasteiger partial charge on any atom is -0.390 e. The number of carbonyl (C=O) groups is 3. The molecular formula is C7H12N2O5. The lowest BCUT2D eigenvalue weighted by molar-refractivity contribution is -0.166. The van der Waals surface area contributed by atoms with Gasteiger partial charge >= 0.3 is 11.9 Å². The Hall–Kier alpha value is -1.47. The number of carbonyl (C=O) groups excluding carboxylic acids is 3. The molecule has 0 aliphatic carbocycles. The molecule has 7 nitrogen and oxygen atoms in total. The predicted molar refractivity (Wildman–Crippen MR) is 44.6 cm³/mol. The minimum absolute atomic E-state index is 0.411. The van der Waals surface area contributed by atoms with E-state index in [4.69, 9.17) is 16.6 Å². The third-order valence-electron chi connectivity index (χ3n) is 1.27. The molecule has 14 heavy (non-hydrogen) atoms. The molecule has 5 N–H and O–H groups in total. The number of amides is 1. The average Bonchev–Trinajstić information content (AvgIpc) is 2.02. The van der Waals surface area contributed by atoms with Gasteiger partial charge in [0.1, 0.15) is 12.1 Å². The summed E-state index contributed by atoms with van der Waals surface area (Å²) in [5, 5.41) is 8.67. The van der Waals surface area contributed by atoms with Crippen LogP contribution in [0.15, 0.2) is 0 Å². The van der Waals surface area contributed by atoms with Crippen LogP contribution in [-0.4, -0.2) is 35.1 Å². The number of esters is 2. The molecule has 0 aromatic carbocycles. The van der Waals surface area contributed by atoms with E-state index in [0.717, 1.165) is 6.92 Å². The molecular weight excluding hydrogens is 192 g/mol. The first-order valence-corrected chi connectivity index (χ1v) is 3.82. The zero-order valence-electron chi connectivity index (χ0n) is 7.60. The summed E-state index contributed by atoms with van der Waals surface area (Å²) in [6.07, 6.45) is -1.83. The fourth-order valence-corrected chi connectivity index (χ4v) is 0.560. The van der Waals surface area contributed by atoms with E-state index in [9.17, 15) is 14.4 Å². The highest BCUT2D eigenvalue weighted by molar-refractivity contribution is 5.92. The third-order valence-corrected chi connectivity index (χ3v) is 1.27. The number of rotatable bonds is 4. The van der Waals surface area contributed by atoms with Crippen molar-refractivity contribution < 1.29 is 24.2 Å². The van der Waals surface area contributed by atoms with Crippen molar-refractivity contribution in [1.82, 2.24) is 0 Å². The molecule has 0 fully saturated rings. The number of hydrogen-bond acceptors (Lipinski definition) is 6. The summed E-state index contributed by atoms with van der Waals surface area (Å²) in [7, 11) is 0. The standard InChI is InChI=1S/C7H12N2O5/c1-3(10)6(12)14-7(13)4(8)2-5(9)11/h3-4,10H,2,8H2,1H3,(H2,9,11)/t3?,4-/m0/s1. The van der Waals surface area contributed by atoms with Crippen LogP contribution < -0.4 is 11.5 Å². The highest BCUT2D eigenvalue weighted by Gasteiger charge is 2.22. The molecule has 0 heterocycles. The summed E-state index contributed by atoms with van der Waals surface area (Å²) in [5.74, 6) is -2.98. The summed E-state index contributed by atoms with van der Waals surface area (Å²) < 4.78 is 4.11. The molecule has 0 bridgehead atoms. The lowest BCUT2D eigenvalue weighted by Crippen LogP contribution is -2.38. The lowest BCUT2D eigenvalue weighted by atomic mass is 10.2. The predicted octanol–water partition coefficient (Wildman–Crippen LogP) is -2.36. The first-order valence-electron chi connectivity index (χ1n) is 3.82. The van der Waals surface area contributed by atoms with Gasteiger partial charge in [-0.15, -0.1) is 0 Å². The van der Waals surface area contributed by atoms with Crippen LogP contribution in [0, 0.1) is 0 Å². The van der Waals surface area contributed by atoms with Crippen molar-refractivity contribution in [3.05, 3.63) is 0 Å². The van der Waals surface area contributed by atoms with Gasteiger partial charge in [0.25, 0.3) is 0 Å². The smallest absolute Gasteiger partial charge is 0.342 e. The van der Waals surface area contributed by atoms with E-state index in [-0.39, 0.29) is 0 Å². The minimum atomic E-state index is -1.42. The van der Waals surface area contributed by atoms with Crippen LogP contribution in [0.2, 0.25) is 0 Å². The Bertz CT molecular complexity index is 250. The molecule has 0 aliphatic rings. The van der Waals surface area contributed by atoms with Crippen molar-refractivity contribution in [3.8, 4) is 0 Å². The third kappa shape index (κ3) is 4.53. The normalized spacial score (nSPS) is 14.2. The Balaban J connectivity index is 4.08. The van der Waals surface area contributed by atoms with Crippen molar-refractivity contribution in [3.63, 3.8) is 0 Å². The maximum absolute atomic E-state index is 10.9. The Morgan fingerprint density at radius 3 is 2.21 bits per heavy atom. The van der Waals surface area contributed by atoms with Gasteiger partial charge in [-0.2, -0.15) is 0 Å². The second kappa shape index (κ2) is 5.30. The van der Waals surface area contributed by atoms with Crippen LogP contribution in [0.5, 0.6) is 0 Å². The summed E-state index contributed by atoms with van der Waals surface area (Å²) in [6.45, 7) is 1.13. The molecule has 0 aromatic heterocycles. The highest BCUT2D eigenvalue weighted by Crippen LogP contribution is 1.94. The molecule has 1 amide bonds. The molecule has 0 radical (unpaired) electrons. The first kappa shape index (κ1) is 12.5. The molecule has 0 aromatic rings. The molecule has 0 saturated carbocycles. The molecule has 80 valence electrons. The second-order valence-electron chi connectivity index (χ2n) is 2.69. The van der Waals surface area contributed by atoms with Crippen LogP contribution in [0.3, 0.4) is 0 Å². The van der Waals surface area contributed by atoms with Crippen molar-refractivity contribution in [2.45, 2.75) is 25.5 Å². The van der Waals surface area contributed by atoms with E-state index in [1.165, 1.54) is 0 Å². The average molecular weight is 204 g/mol. The quantitative estimate of drug-likeness (QED) is 0.346. The van der Waals surface area contributed by atoms with Crippen LogP contribution >= 0.6 is 0 Å². The van der Waals surface area contributed by atoms with Gasteiger partial charge in [-0.05, 0) is 6.92 Å². The topological polar surface area (TPSA) is 133 Å². The van der Waals surface area contributed by atoms with E-state index in [2.05, 4.69) is 4.74 Å². The van der Waals surface area contributed by atoms with Crippen molar-refractivity contribution >= 4 is 17.8 Å². The SMILES string of the molecule is CC(O)C(=O)OC(=O)[C@@H](N)CC(N)=O. The molecule has 0 rings (SSSR count). The van der Waals surface area contributed by atoms with E-state index in [1.807, 2.05) is 0 Å². The Kier molecular flexibility index (Phi) is 4.74. The molecule has 2 atom stereocenters. The first-order chi connectivity index (χ1) is 6.34. The number of ether oxygens (including phenoxy) is 1. The van der Waals surface area contributed by atoms with Gasteiger partial charge in [0.05, 0.1) is 6.42 Å². The van der Waals surface area contributed by atoms with Gasteiger partial charge in [0.15, 0.2) is 0 Å². The molecule has 0 aliphatic heterocycles. The Morgan fingerprint density at radius 2 is 1.86 bits per heavy atom. The van der Waals surface area contributed by atoms with E-state index >= 15 is 0 Å². The van der Waals surface area contributed by atoms with E-state index < -0.39 is 36.4 Å². The Labute approximate surface area is 80.0 Å². The number of primary amides is 1. The molecule has 1 unspecified atom stereocenters. The zero-order chi connectivity index (χ0) is 11.3. The summed E-state index contributed by atoms with van der Waals surface area (Å²) in [5.41, 5.74) is 9.92. The van der Waals surface area contributed by atoms with Gasteiger partial charge in [-0.1, -0.05) is 0 Å². The summed E-state index contributed by atoms with van der Waals surface area (Å²) >= 11 is 0. The van der Waals surface area contributed by atoms with Crippen molar-refractivity contribution in [2.24, 2.45) is 11.5 Å². The monoisotopic (exact) mass is 204 g/mol. The summed E-state index contributed by atoms with van der Waals surface area (Å²) in [6, 6.07) is -1.28. The van der Waals surface area contributed by atoms with Gasteiger partial charge in [0, 0.05) is 0 Å². The van der Waals surface area contributed by atoms with Crippen LogP contribution in [0.4, 0.5) is 0 Å². The zero-order valence-corrected chi connectivity index (χ0v) is 7.60. The number of hydrogen-bond donors (Lipinski definition) is 3. The van der Waals surface area contributed by atoms with Crippen molar-refractivity contribution in [2.75, 3.05) is 0 Å². The maximum Gasteiger partial charge on any atom is 0.342 e. The highest BCUT2D eigenvalue weighted by atomic mass is 16.6. The van der Waals surface area contributed by atoms with E-state index in [1.54, 1.807) is 0 Å².